The molecule has 0 aromatic rings. The van der Waals surface area contributed by atoms with Crippen molar-refractivity contribution in [3.8, 4) is 18.2 Å². The molecule has 0 spiro atoms. The van der Waals surface area contributed by atoms with Gasteiger partial charge in [0.25, 0.3) is 0 Å². The summed E-state index contributed by atoms with van der Waals surface area (Å²) in [5, 5.41) is 27.2. The Kier molecular flexibility index (Phi) is 2.97. The van der Waals surface area contributed by atoms with Crippen molar-refractivity contribution in [3.05, 3.63) is 11.3 Å². The molecule has 1 rings (SSSR count). The van der Waals surface area contributed by atoms with Crippen molar-refractivity contribution in [2.24, 2.45) is 16.1 Å². The number of allylic oxidation sites excluding steroid dienone is 1. The minimum absolute atomic E-state index is 0.0272. The van der Waals surface area contributed by atoms with Crippen LogP contribution in [0.4, 0.5) is 0 Å². The Labute approximate surface area is 94.1 Å². The molecule has 0 saturated heterocycles. The molecule has 0 amide bonds. The van der Waals surface area contributed by atoms with E-state index in [1.54, 1.807) is 6.92 Å². The van der Waals surface area contributed by atoms with Gasteiger partial charge in [-0.1, -0.05) is 6.92 Å². The van der Waals surface area contributed by atoms with Crippen molar-refractivity contribution in [3.63, 3.8) is 0 Å². The average molecular weight is 213 g/mol. The molecule has 80 valence electrons. The van der Waals surface area contributed by atoms with Crippen molar-refractivity contribution < 1.29 is 0 Å². The summed E-state index contributed by atoms with van der Waals surface area (Å²) in [4.78, 5) is 4.21. The van der Waals surface area contributed by atoms with Gasteiger partial charge in [0, 0.05) is 0 Å². The van der Waals surface area contributed by atoms with Crippen molar-refractivity contribution in [1.29, 1.82) is 15.8 Å². The van der Waals surface area contributed by atoms with E-state index in [2.05, 4.69) is 4.99 Å². The van der Waals surface area contributed by atoms with E-state index in [1.165, 1.54) is 0 Å². The number of hydrogen-bond acceptors (Lipinski definition) is 5. The van der Waals surface area contributed by atoms with Crippen molar-refractivity contribution in [2.75, 3.05) is 0 Å². The second kappa shape index (κ2) is 4.04. The molecule has 16 heavy (non-hydrogen) atoms. The Morgan fingerprint density at radius 3 is 2.31 bits per heavy atom. The number of hydrogen-bond donors (Lipinski definition) is 1. The zero-order chi connectivity index (χ0) is 12.3. The lowest BCUT2D eigenvalue weighted by molar-refractivity contribution is 0.448. The maximum Gasteiger partial charge on any atom is 0.205 e. The van der Waals surface area contributed by atoms with Gasteiger partial charge in [0.2, 0.25) is 5.41 Å². The first-order valence-electron chi connectivity index (χ1n) is 4.85. The molecule has 1 aliphatic heterocycles. The zero-order valence-electron chi connectivity index (χ0n) is 9.15. The minimum Gasteiger partial charge on any atom is -0.399 e. The maximum atomic E-state index is 9.15. The van der Waals surface area contributed by atoms with Gasteiger partial charge in [0.05, 0.1) is 35.2 Å². The van der Waals surface area contributed by atoms with Gasteiger partial charge in [-0.3, -0.25) is 4.99 Å². The van der Waals surface area contributed by atoms with Crippen LogP contribution in [0, 0.1) is 39.4 Å². The molecule has 1 aliphatic rings. The van der Waals surface area contributed by atoms with Gasteiger partial charge in [-0.25, -0.2) is 0 Å². The van der Waals surface area contributed by atoms with Crippen LogP contribution >= 0.6 is 0 Å². The number of dihydropyridines is 1. The van der Waals surface area contributed by atoms with E-state index in [4.69, 9.17) is 21.5 Å². The molecular weight excluding hydrogens is 202 g/mol. The molecule has 0 aromatic carbocycles. The fourth-order valence-corrected chi connectivity index (χ4v) is 1.80. The normalized spacial score (nSPS) is 22.7. The van der Waals surface area contributed by atoms with E-state index >= 15 is 0 Å². The van der Waals surface area contributed by atoms with Crippen LogP contribution in [0.15, 0.2) is 16.3 Å². The summed E-state index contributed by atoms with van der Waals surface area (Å²) in [6.45, 7) is 3.49. The second-order valence-corrected chi connectivity index (χ2v) is 3.57. The molecule has 5 nitrogen and oxygen atoms in total. The zero-order valence-corrected chi connectivity index (χ0v) is 9.15. The van der Waals surface area contributed by atoms with Crippen LogP contribution in [0.5, 0.6) is 0 Å². The van der Waals surface area contributed by atoms with Crippen LogP contribution < -0.4 is 5.73 Å². The fraction of sp³-hybridized carbons (Fsp3) is 0.455. The third kappa shape index (κ3) is 1.33. The van der Waals surface area contributed by atoms with Gasteiger partial charge < -0.3 is 5.73 Å². The van der Waals surface area contributed by atoms with Crippen molar-refractivity contribution >= 4 is 5.71 Å². The topological polar surface area (TPSA) is 110 Å². The lowest BCUT2D eigenvalue weighted by atomic mass is 9.75. The van der Waals surface area contributed by atoms with Crippen LogP contribution in [0.2, 0.25) is 0 Å². The molecule has 0 bridgehead atoms. The van der Waals surface area contributed by atoms with Crippen molar-refractivity contribution in [2.45, 2.75) is 26.3 Å². The summed E-state index contributed by atoms with van der Waals surface area (Å²) in [6, 6.07) is 5.19. The van der Waals surface area contributed by atoms with Gasteiger partial charge in [0.15, 0.2) is 0 Å². The van der Waals surface area contributed by atoms with E-state index < -0.39 is 11.5 Å². The van der Waals surface area contributed by atoms with E-state index in [0.717, 1.165) is 0 Å². The number of aliphatic imine (C=N–C) groups is 1. The molecule has 0 fully saturated rings. The Morgan fingerprint density at radius 2 is 1.94 bits per heavy atom. The summed E-state index contributed by atoms with van der Waals surface area (Å²) >= 11 is 0. The standard InChI is InChI=1S/C11H11N5/c1-3-9-11(5-13,6-14)10(15)8(4-12)7(2)16-9/h9H,3,15H2,1-2H3/t9-/m0/s1. The Bertz CT molecular complexity index is 478. The van der Waals surface area contributed by atoms with E-state index in [1.807, 2.05) is 25.1 Å². The SMILES string of the molecule is CC[C@@H]1N=C(C)C(C#N)=C(N)C1(C#N)C#N. The van der Waals surface area contributed by atoms with Gasteiger partial charge >= 0.3 is 0 Å². The average Bonchev–Trinajstić information content (AvgIpc) is 2.30. The monoisotopic (exact) mass is 213 g/mol. The number of nitrogens with zero attached hydrogens (tertiary/aromatic N) is 4. The van der Waals surface area contributed by atoms with E-state index in [0.29, 0.717) is 12.1 Å². The molecular formula is C11H11N5. The molecule has 0 saturated carbocycles. The highest BCUT2D eigenvalue weighted by atomic mass is 14.9. The third-order valence-corrected chi connectivity index (χ3v) is 2.76. The van der Waals surface area contributed by atoms with Crippen molar-refractivity contribution in [1.82, 2.24) is 0 Å². The van der Waals surface area contributed by atoms with Crippen LogP contribution in [0.25, 0.3) is 0 Å². The van der Waals surface area contributed by atoms with Gasteiger partial charge in [-0.05, 0) is 13.3 Å². The second-order valence-electron chi connectivity index (χ2n) is 3.57. The predicted molar refractivity (Wildman–Crippen MR) is 57.7 cm³/mol. The van der Waals surface area contributed by atoms with Crippen LogP contribution in [-0.2, 0) is 0 Å². The molecule has 2 N–H and O–H groups in total. The first-order valence-corrected chi connectivity index (χ1v) is 4.85. The van der Waals surface area contributed by atoms with Crippen LogP contribution in [0.3, 0.4) is 0 Å². The van der Waals surface area contributed by atoms with E-state index in [9.17, 15) is 0 Å². The Morgan fingerprint density at radius 1 is 1.38 bits per heavy atom. The molecule has 1 atom stereocenters. The number of rotatable bonds is 1. The summed E-state index contributed by atoms with van der Waals surface area (Å²) in [7, 11) is 0. The van der Waals surface area contributed by atoms with Crippen LogP contribution in [-0.4, -0.2) is 11.8 Å². The molecule has 0 aromatic heterocycles. The molecule has 0 unspecified atom stereocenters. The van der Waals surface area contributed by atoms with Crippen LogP contribution in [0.1, 0.15) is 20.3 Å². The highest BCUT2D eigenvalue weighted by Crippen LogP contribution is 2.36. The lowest BCUT2D eigenvalue weighted by Crippen LogP contribution is -2.41. The molecule has 0 radical (unpaired) electrons. The third-order valence-electron chi connectivity index (χ3n) is 2.76. The first kappa shape index (κ1) is 11.8. The number of nitriles is 3. The smallest absolute Gasteiger partial charge is 0.205 e. The first-order chi connectivity index (χ1) is 7.57. The highest BCUT2D eigenvalue weighted by Gasteiger charge is 2.46. The summed E-state index contributed by atoms with van der Waals surface area (Å²) < 4.78 is 0. The largest absolute Gasteiger partial charge is 0.399 e. The Hall–Kier alpha value is -2.32. The fourth-order valence-electron chi connectivity index (χ4n) is 1.80. The molecule has 0 aliphatic carbocycles. The summed E-state index contributed by atoms with van der Waals surface area (Å²) in [5.41, 5.74) is 4.94. The molecule has 1 heterocycles. The summed E-state index contributed by atoms with van der Waals surface area (Å²) in [6.07, 6.45) is 0.526. The minimum atomic E-state index is -1.50. The number of nitrogens with two attached hydrogens (primary N) is 1. The predicted octanol–water partition coefficient (Wildman–Crippen LogP) is 1.01. The van der Waals surface area contributed by atoms with Gasteiger partial charge in [0.1, 0.15) is 6.07 Å². The maximum absolute atomic E-state index is 9.15. The summed E-state index contributed by atoms with van der Waals surface area (Å²) in [5.74, 6) is 0. The van der Waals surface area contributed by atoms with Gasteiger partial charge in [-0.15, -0.1) is 0 Å². The highest BCUT2D eigenvalue weighted by molar-refractivity contribution is 6.03. The quantitative estimate of drug-likeness (QED) is 0.700. The Balaban J connectivity index is 3.53. The van der Waals surface area contributed by atoms with Gasteiger partial charge in [-0.2, -0.15) is 15.8 Å². The van der Waals surface area contributed by atoms with E-state index in [-0.39, 0.29) is 11.3 Å². The molecule has 5 heteroatoms. The lowest BCUT2D eigenvalue weighted by Gasteiger charge is -2.30.